The number of carboxylic acids is 1. The summed E-state index contributed by atoms with van der Waals surface area (Å²) in [7, 11) is -3.55. The van der Waals surface area contributed by atoms with E-state index < -0.39 is 21.9 Å². The van der Waals surface area contributed by atoms with Crippen LogP contribution in [0.15, 0.2) is 29.2 Å². The minimum atomic E-state index is -3.55. The van der Waals surface area contributed by atoms with Crippen molar-refractivity contribution in [2.45, 2.75) is 37.1 Å². The van der Waals surface area contributed by atoms with Crippen LogP contribution in [0.4, 0.5) is 0 Å². The van der Waals surface area contributed by atoms with Crippen LogP contribution in [0.1, 0.15) is 24.8 Å². The maximum atomic E-state index is 12.1. The van der Waals surface area contributed by atoms with Crippen LogP contribution >= 0.6 is 0 Å². The first-order valence-corrected chi connectivity index (χ1v) is 7.68. The standard InChI is InChI=1S/C13H17NO4S/c1-9-2-6-12(7-3-9)19(17,18)14-11-5-4-10(8-11)13(15)16/h2-3,6-7,10-11,14H,4-5,8H2,1H3,(H,15,16)/t10-,11+/m0/s1. The first-order chi connectivity index (χ1) is 8.88. The van der Waals surface area contributed by atoms with Crippen molar-refractivity contribution in [3.05, 3.63) is 29.8 Å². The molecule has 1 aromatic carbocycles. The van der Waals surface area contributed by atoms with Crippen molar-refractivity contribution in [1.82, 2.24) is 4.72 Å². The van der Waals surface area contributed by atoms with Gasteiger partial charge in [-0.25, -0.2) is 13.1 Å². The van der Waals surface area contributed by atoms with Crippen LogP contribution in [0.2, 0.25) is 0 Å². The Morgan fingerprint density at radius 1 is 1.26 bits per heavy atom. The lowest BCUT2D eigenvalue weighted by molar-refractivity contribution is -0.141. The number of benzene rings is 1. The highest BCUT2D eigenvalue weighted by Crippen LogP contribution is 2.27. The third-order valence-corrected chi connectivity index (χ3v) is 4.97. The van der Waals surface area contributed by atoms with Gasteiger partial charge in [-0.2, -0.15) is 0 Å². The monoisotopic (exact) mass is 283 g/mol. The van der Waals surface area contributed by atoms with E-state index in [0.29, 0.717) is 19.3 Å². The summed E-state index contributed by atoms with van der Waals surface area (Å²) in [6.45, 7) is 1.89. The topological polar surface area (TPSA) is 83.5 Å². The molecule has 0 aromatic heterocycles. The molecule has 1 aromatic rings. The number of carboxylic acid groups (broad SMARTS) is 1. The van der Waals surface area contributed by atoms with Crippen LogP contribution in [0.3, 0.4) is 0 Å². The lowest BCUT2D eigenvalue weighted by atomic mass is 10.1. The molecule has 2 N–H and O–H groups in total. The van der Waals surface area contributed by atoms with Crippen LogP contribution in [-0.4, -0.2) is 25.5 Å². The molecule has 104 valence electrons. The van der Waals surface area contributed by atoms with Gasteiger partial charge in [0.1, 0.15) is 0 Å². The molecule has 1 fully saturated rings. The Balaban J connectivity index is 2.06. The second-order valence-corrected chi connectivity index (χ2v) is 6.69. The minimum Gasteiger partial charge on any atom is -0.481 e. The molecule has 0 spiro atoms. The Morgan fingerprint density at radius 2 is 1.89 bits per heavy atom. The van der Waals surface area contributed by atoms with Gasteiger partial charge in [0.2, 0.25) is 10.0 Å². The number of carbonyl (C=O) groups is 1. The molecule has 1 aliphatic carbocycles. The summed E-state index contributed by atoms with van der Waals surface area (Å²) in [5.41, 5.74) is 0.991. The molecule has 0 aliphatic heterocycles. The molecule has 2 rings (SSSR count). The molecule has 5 nitrogen and oxygen atoms in total. The molecule has 0 bridgehead atoms. The second-order valence-electron chi connectivity index (χ2n) is 4.98. The van der Waals surface area contributed by atoms with Crippen LogP contribution in [0, 0.1) is 12.8 Å². The smallest absolute Gasteiger partial charge is 0.306 e. The highest BCUT2D eigenvalue weighted by Gasteiger charge is 2.32. The van der Waals surface area contributed by atoms with Crippen molar-refractivity contribution in [3.8, 4) is 0 Å². The molecule has 1 aliphatic rings. The van der Waals surface area contributed by atoms with Crippen LogP contribution in [-0.2, 0) is 14.8 Å². The van der Waals surface area contributed by atoms with Gasteiger partial charge in [0, 0.05) is 6.04 Å². The van der Waals surface area contributed by atoms with Gasteiger partial charge in [-0.05, 0) is 38.3 Å². The van der Waals surface area contributed by atoms with Crippen molar-refractivity contribution in [1.29, 1.82) is 0 Å². The van der Waals surface area contributed by atoms with Gasteiger partial charge in [0.05, 0.1) is 10.8 Å². The normalized spacial score (nSPS) is 23.4. The lowest BCUT2D eigenvalue weighted by Gasteiger charge is -2.13. The van der Waals surface area contributed by atoms with E-state index in [9.17, 15) is 13.2 Å². The molecule has 0 radical (unpaired) electrons. The van der Waals surface area contributed by atoms with E-state index >= 15 is 0 Å². The zero-order valence-corrected chi connectivity index (χ0v) is 11.5. The predicted octanol–water partition coefficient (Wildman–Crippen LogP) is 1.53. The van der Waals surface area contributed by atoms with E-state index in [4.69, 9.17) is 5.11 Å². The van der Waals surface area contributed by atoms with Crippen LogP contribution in [0.5, 0.6) is 0 Å². The van der Waals surface area contributed by atoms with E-state index in [-0.39, 0.29) is 10.9 Å². The van der Waals surface area contributed by atoms with Gasteiger partial charge in [0.25, 0.3) is 0 Å². The Bertz CT molecular complexity index is 565. The summed E-state index contributed by atoms with van der Waals surface area (Å²) >= 11 is 0. The molecule has 0 heterocycles. The first kappa shape index (κ1) is 14.0. The van der Waals surface area contributed by atoms with Gasteiger partial charge in [0.15, 0.2) is 0 Å². The maximum Gasteiger partial charge on any atom is 0.306 e. The SMILES string of the molecule is Cc1ccc(S(=O)(=O)N[C@@H]2CC[C@H](C(=O)O)C2)cc1. The number of hydrogen-bond donors (Lipinski definition) is 2. The second kappa shape index (κ2) is 5.30. The molecule has 0 saturated heterocycles. The molecule has 2 atom stereocenters. The molecule has 1 saturated carbocycles. The van der Waals surface area contributed by atoms with Crippen molar-refractivity contribution in [2.75, 3.05) is 0 Å². The molecule has 19 heavy (non-hydrogen) atoms. The quantitative estimate of drug-likeness (QED) is 0.877. The number of nitrogens with one attached hydrogen (secondary N) is 1. The Kier molecular flexibility index (Phi) is 3.91. The van der Waals surface area contributed by atoms with Crippen molar-refractivity contribution in [3.63, 3.8) is 0 Å². The zero-order chi connectivity index (χ0) is 14.0. The number of aryl methyl sites for hydroxylation is 1. The summed E-state index contributed by atoms with van der Waals surface area (Å²) in [4.78, 5) is 11.1. The Morgan fingerprint density at radius 3 is 2.42 bits per heavy atom. The third-order valence-electron chi connectivity index (χ3n) is 3.43. The zero-order valence-electron chi connectivity index (χ0n) is 10.7. The van der Waals surface area contributed by atoms with E-state index in [0.717, 1.165) is 5.56 Å². The summed E-state index contributed by atoms with van der Waals surface area (Å²) < 4.78 is 26.8. The summed E-state index contributed by atoms with van der Waals surface area (Å²) in [6.07, 6.45) is 1.46. The van der Waals surface area contributed by atoms with Crippen molar-refractivity contribution < 1.29 is 18.3 Å². The average Bonchev–Trinajstić information content (AvgIpc) is 2.77. The third kappa shape index (κ3) is 3.33. The average molecular weight is 283 g/mol. The fraction of sp³-hybridized carbons (Fsp3) is 0.462. The van der Waals surface area contributed by atoms with Gasteiger partial charge in [-0.3, -0.25) is 4.79 Å². The highest BCUT2D eigenvalue weighted by molar-refractivity contribution is 7.89. The number of sulfonamides is 1. The number of rotatable bonds is 4. The van der Waals surface area contributed by atoms with E-state index in [1.807, 2.05) is 6.92 Å². The molecule has 6 heteroatoms. The summed E-state index contributed by atoms with van der Waals surface area (Å²) in [5, 5.41) is 8.90. The fourth-order valence-corrected chi connectivity index (χ4v) is 3.60. The Hall–Kier alpha value is -1.40. The maximum absolute atomic E-state index is 12.1. The van der Waals surface area contributed by atoms with Gasteiger partial charge in [-0.15, -0.1) is 0 Å². The van der Waals surface area contributed by atoms with Crippen LogP contribution < -0.4 is 4.72 Å². The molecule has 0 unspecified atom stereocenters. The van der Waals surface area contributed by atoms with Crippen LogP contribution in [0.25, 0.3) is 0 Å². The van der Waals surface area contributed by atoms with Gasteiger partial charge in [-0.1, -0.05) is 17.7 Å². The lowest BCUT2D eigenvalue weighted by Crippen LogP contribution is -2.33. The van der Waals surface area contributed by atoms with Gasteiger partial charge >= 0.3 is 5.97 Å². The summed E-state index contributed by atoms with van der Waals surface area (Å²) in [5.74, 6) is -1.29. The first-order valence-electron chi connectivity index (χ1n) is 6.20. The van der Waals surface area contributed by atoms with Crippen molar-refractivity contribution in [2.24, 2.45) is 5.92 Å². The largest absolute Gasteiger partial charge is 0.481 e. The van der Waals surface area contributed by atoms with E-state index in [1.54, 1.807) is 24.3 Å². The molecular weight excluding hydrogens is 266 g/mol. The summed E-state index contributed by atoms with van der Waals surface area (Å²) in [6, 6.07) is 6.31. The highest BCUT2D eigenvalue weighted by atomic mass is 32.2. The minimum absolute atomic E-state index is 0.219. The van der Waals surface area contributed by atoms with E-state index in [1.165, 1.54) is 0 Å². The number of hydrogen-bond acceptors (Lipinski definition) is 3. The predicted molar refractivity (Wildman–Crippen MR) is 70.3 cm³/mol. The number of aliphatic carboxylic acids is 1. The fourth-order valence-electron chi connectivity index (χ4n) is 2.32. The Labute approximate surface area is 112 Å². The molecular formula is C13H17NO4S. The van der Waals surface area contributed by atoms with Crippen molar-refractivity contribution >= 4 is 16.0 Å². The van der Waals surface area contributed by atoms with E-state index in [2.05, 4.69) is 4.72 Å². The van der Waals surface area contributed by atoms with Gasteiger partial charge < -0.3 is 5.11 Å². The molecule has 0 amide bonds.